The van der Waals surface area contributed by atoms with E-state index in [1.807, 2.05) is 0 Å². The van der Waals surface area contributed by atoms with E-state index < -0.39 is 43.6 Å². The zero-order valence-corrected chi connectivity index (χ0v) is 16.2. The summed E-state index contributed by atoms with van der Waals surface area (Å²) in [5.41, 5.74) is 0. The topological polar surface area (TPSA) is 209 Å². The molecule has 2 amide bonds. The zero-order valence-electron chi connectivity index (χ0n) is 14.6. The molecule has 0 aliphatic carbocycles. The van der Waals surface area contributed by atoms with Gasteiger partial charge in [-0.3, -0.25) is 23.6 Å². The van der Waals surface area contributed by atoms with Gasteiger partial charge in [-0.15, -0.1) is 0 Å². The monoisotopic (exact) mass is 431 g/mol. The minimum absolute atomic E-state index is 0.119. The second-order valence-electron chi connectivity index (χ2n) is 5.14. The van der Waals surface area contributed by atoms with Gasteiger partial charge in [0.1, 0.15) is 23.8 Å². The Balaban J connectivity index is 4.59. The lowest BCUT2D eigenvalue weighted by molar-refractivity contribution is -0.124. The smallest absolute Gasteiger partial charge is 0.266 e. The fourth-order valence-corrected chi connectivity index (χ4v) is 2.38. The minimum atomic E-state index is -4.21. The van der Waals surface area contributed by atoms with Crippen LogP contribution in [0.25, 0.3) is 0 Å². The molecule has 0 spiro atoms. The Morgan fingerprint density at radius 2 is 1.41 bits per heavy atom. The minimum Gasteiger partial charge on any atom is -0.354 e. The number of carbonyl (C=O) groups excluding carboxylic acids is 2. The molecule has 0 radical (unpaired) electrons. The van der Waals surface area contributed by atoms with Gasteiger partial charge in [0.25, 0.3) is 20.2 Å². The normalized spacial score (nSPS) is 11.6. The van der Waals surface area contributed by atoms with Gasteiger partial charge in [0.2, 0.25) is 16.7 Å². The van der Waals surface area contributed by atoms with Gasteiger partial charge in [0.05, 0.1) is 24.6 Å². The quantitative estimate of drug-likeness (QED) is 0.132. The molecule has 156 valence electrons. The standard InChI is InChI=1S/C11H22N6O8S2/c1-12-16-15-2-5-17(8-10(18)13-3-6-26(20,21)22)9-11(19)14-4-7-27(23,24)25/h2-9H2,1H3,(H3-,13,14,18,19,20,21,22,23,24,25)/p+1. The number of nitrogens with zero attached hydrogens (tertiary/aromatic N) is 4. The van der Waals surface area contributed by atoms with Gasteiger partial charge < -0.3 is 10.6 Å². The lowest BCUT2D eigenvalue weighted by Gasteiger charge is -2.19. The van der Waals surface area contributed by atoms with Crippen LogP contribution in [0.1, 0.15) is 0 Å². The van der Waals surface area contributed by atoms with Crippen LogP contribution >= 0.6 is 0 Å². The third-order valence-corrected chi connectivity index (χ3v) is 4.21. The van der Waals surface area contributed by atoms with Crippen molar-refractivity contribution in [2.75, 3.05) is 57.8 Å². The van der Waals surface area contributed by atoms with Crippen molar-refractivity contribution in [3.8, 4) is 0 Å². The summed E-state index contributed by atoms with van der Waals surface area (Å²) < 4.78 is 59.6. The second kappa shape index (κ2) is 12.4. The summed E-state index contributed by atoms with van der Waals surface area (Å²) in [6.07, 6.45) is 0. The molecule has 0 atom stereocenters. The highest BCUT2D eigenvalue weighted by molar-refractivity contribution is 7.86. The van der Waals surface area contributed by atoms with E-state index in [0.29, 0.717) is 0 Å². The molecule has 0 aliphatic rings. The molecule has 0 bridgehead atoms. The van der Waals surface area contributed by atoms with Crippen molar-refractivity contribution < 1.29 is 35.5 Å². The Morgan fingerprint density at radius 3 is 1.78 bits per heavy atom. The van der Waals surface area contributed by atoms with Crippen molar-refractivity contribution in [2.45, 2.75) is 0 Å². The van der Waals surface area contributed by atoms with E-state index in [2.05, 4.69) is 25.8 Å². The van der Waals surface area contributed by atoms with Gasteiger partial charge in [-0.1, -0.05) is 0 Å². The van der Waals surface area contributed by atoms with Gasteiger partial charge >= 0.3 is 0 Å². The van der Waals surface area contributed by atoms with Crippen LogP contribution in [-0.4, -0.2) is 100 Å². The van der Waals surface area contributed by atoms with E-state index >= 15 is 0 Å². The third kappa shape index (κ3) is 17.2. The lowest BCUT2D eigenvalue weighted by atomic mass is 10.4. The Labute approximate surface area is 156 Å². The molecular formula is C11H23N6O8S2+. The number of amides is 2. The maximum absolute atomic E-state index is 11.8. The van der Waals surface area contributed by atoms with Gasteiger partial charge in [0.15, 0.2) is 0 Å². The Morgan fingerprint density at radius 1 is 0.963 bits per heavy atom. The highest BCUT2D eigenvalue weighted by Crippen LogP contribution is 1.90. The summed E-state index contributed by atoms with van der Waals surface area (Å²) in [7, 11) is -7.01. The van der Waals surface area contributed by atoms with E-state index in [-0.39, 0.29) is 39.3 Å². The molecule has 0 aromatic heterocycles. The van der Waals surface area contributed by atoms with Crippen molar-refractivity contribution in [1.82, 2.24) is 20.4 Å². The predicted molar refractivity (Wildman–Crippen MR) is 93.1 cm³/mol. The van der Waals surface area contributed by atoms with Crippen LogP contribution in [0.3, 0.4) is 0 Å². The molecule has 0 rings (SSSR count). The molecule has 27 heavy (non-hydrogen) atoms. The predicted octanol–water partition coefficient (Wildman–Crippen LogP) is -3.10. The highest BCUT2D eigenvalue weighted by atomic mass is 32.2. The number of hydrogen-bond acceptors (Lipinski definition) is 9. The van der Waals surface area contributed by atoms with Gasteiger partial charge in [-0.25, -0.2) is 0 Å². The van der Waals surface area contributed by atoms with Gasteiger partial charge in [0, 0.05) is 19.6 Å². The third-order valence-electron chi connectivity index (χ3n) is 2.77. The molecule has 0 saturated carbocycles. The zero-order chi connectivity index (χ0) is 20.9. The molecule has 0 aliphatic heterocycles. The average Bonchev–Trinajstić information content (AvgIpc) is 2.48. The first kappa shape index (κ1) is 25.0. The second-order valence-corrected chi connectivity index (χ2v) is 8.28. The van der Waals surface area contributed by atoms with Crippen LogP contribution in [0.5, 0.6) is 0 Å². The van der Waals surface area contributed by atoms with Crippen LogP contribution in [0.2, 0.25) is 0 Å². The van der Waals surface area contributed by atoms with E-state index in [0.717, 1.165) is 0 Å². The average molecular weight is 431 g/mol. The Bertz CT molecular complexity index is 708. The first-order valence-electron chi connectivity index (χ1n) is 7.54. The summed E-state index contributed by atoms with van der Waals surface area (Å²) in [6.45, 7) is -0.919. The van der Waals surface area contributed by atoms with Crippen molar-refractivity contribution in [3.63, 3.8) is 0 Å². The fraction of sp³-hybridized carbons (Fsp3) is 0.818. The lowest BCUT2D eigenvalue weighted by Crippen LogP contribution is -2.45. The number of rotatable bonds is 13. The highest BCUT2D eigenvalue weighted by Gasteiger charge is 2.16. The van der Waals surface area contributed by atoms with E-state index in [1.54, 1.807) is 0 Å². The summed E-state index contributed by atoms with van der Waals surface area (Å²) in [5, 5.41) is 11.6. The van der Waals surface area contributed by atoms with Crippen LogP contribution in [0.4, 0.5) is 0 Å². The van der Waals surface area contributed by atoms with Crippen LogP contribution < -0.4 is 15.5 Å². The molecular weight excluding hydrogens is 408 g/mol. The molecule has 14 nitrogen and oxygen atoms in total. The van der Waals surface area contributed by atoms with Gasteiger partial charge in [-0.05, 0) is 0 Å². The largest absolute Gasteiger partial charge is 0.354 e. The SMILES string of the molecule is CN=[N+]=NCCN(CC(=O)NCCS(=O)(=O)O)CC(=O)NCCS(=O)(=O)O. The number of hydrogen-bond donors (Lipinski definition) is 4. The summed E-state index contributed by atoms with van der Waals surface area (Å²) in [6, 6.07) is 0. The summed E-state index contributed by atoms with van der Waals surface area (Å²) in [5.74, 6) is -2.50. The first-order valence-corrected chi connectivity index (χ1v) is 10.8. The van der Waals surface area contributed by atoms with Crippen molar-refractivity contribution in [3.05, 3.63) is 0 Å². The summed E-state index contributed by atoms with van der Waals surface area (Å²) >= 11 is 0. The molecule has 0 heterocycles. The van der Waals surface area contributed by atoms with Crippen molar-refractivity contribution in [1.29, 1.82) is 0 Å². The van der Waals surface area contributed by atoms with E-state index in [4.69, 9.17) is 9.11 Å². The van der Waals surface area contributed by atoms with E-state index in [1.165, 1.54) is 11.9 Å². The molecule has 0 unspecified atom stereocenters. The molecule has 0 saturated heterocycles. The molecule has 0 aromatic carbocycles. The number of carbonyl (C=O) groups is 2. The van der Waals surface area contributed by atoms with Crippen molar-refractivity contribution >= 4 is 32.1 Å². The van der Waals surface area contributed by atoms with Crippen LogP contribution in [-0.2, 0) is 29.8 Å². The Hall–Kier alpha value is -1.97. The first-order chi connectivity index (χ1) is 12.4. The van der Waals surface area contributed by atoms with Gasteiger partial charge in [-0.2, -0.15) is 16.8 Å². The molecule has 0 aromatic rings. The molecule has 4 N–H and O–H groups in total. The van der Waals surface area contributed by atoms with E-state index in [9.17, 15) is 26.4 Å². The molecule has 16 heteroatoms. The summed E-state index contributed by atoms with van der Waals surface area (Å²) in [4.78, 5) is 28.4. The van der Waals surface area contributed by atoms with Crippen molar-refractivity contribution in [2.24, 2.45) is 10.2 Å². The molecule has 0 fully saturated rings. The Kier molecular flexibility index (Phi) is 11.5. The maximum Gasteiger partial charge on any atom is 0.266 e. The van der Waals surface area contributed by atoms with Crippen LogP contribution in [0, 0.1) is 0 Å². The maximum atomic E-state index is 11.8. The number of nitrogens with one attached hydrogen (secondary N) is 2. The fourth-order valence-electron chi connectivity index (χ4n) is 1.66. The van der Waals surface area contributed by atoms with Crippen LogP contribution in [0.15, 0.2) is 10.2 Å².